The van der Waals surface area contributed by atoms with Crippen LogP contribution in [0.15, 0.2) is 48.5 Å². The highest BCUT2D eigenvalue weighted by atomic mass is 16.3. The van der Waals surface area contributed by atoms with Crippen LogP contribution >= 0.6 is 0 Å². The summed E-state index contributed by atoms with van der Waals surface area (Å²) in [6, 6.07) is 17.3. The Kier molecular flexibility index (Phi) is 6.73. The maximum absolute atomic E-state index is 10.6. The van der Waals surface area contributed by atoms with E-state index < -0.39 is 6.10 Å². The van der Waals surface area contributed by atoms with Gasteiger partial charge in [-0.15, -0.1) is 10.2 Å². The minimum atomic E-state index is -0.391. The largest absolute Gasteiger partial charge is 0.393 e. The lowest BCUT2D eigenvalue weighted by molar-refractivity contribution is 0.148. The molecule has 0 aliphatic heterocycles. The van der Waals surface area contributed by atoms with Gasteiger partial charge >= 0.3 is 0 Å². The summed E-state index contributed by atoms with van der Waals surface area (Å²) in [5, 5.41) is 25.3. The fourth-order valence-electron chi connectivity index (χ4n) is 6.11. The minimum Gasteiger partial charge on any atom is -0.393 e. The first kappa shape index (κ1) is 25.4. The summed E-state index contributed by atoms with van der Waals surface area (Å²) < 4.78 is 2.36. The predicted molar refractivity (Wildman–Crippen MR) is 152 cm³/mol. The third kappa shape index (κ3) is 4.74. The number of aliphatic hydroxyl groups is 1. The second-order valence-electron chi connectivity index (χ2n) is 11.1. The predicted octanol–water partition coefficient (Wildman–Crippen LogP) is 5.63. The second kappa shape index (κ2) is 10.3. The Labute approximate surface area is 228 Å². The molecule has 2 aromatic carbocycles. The third-order valence-electron chi connectivity index (χ3n) is 7.79. The Morgan fingerprint density at radius 3 is 2.64 bits per heavy atom. The van der Waals surface area contributed by atoms with Crippen LogP contribution in [0.5, 0.6) is 0 Å². The molecule has 2 N–H and O–H groups in total. The summed E-state index contributed by atoms with van der Waals surface area (Å²) >= 11 is 0. The number of aryl methyl sites for hydroxylation is 3. The van der Waals surface area contributed by atoms with E-state index in [1.54, 1.807) is 0 Å². The first-order valence-electron chi connectivity index (χ1n) is 13.9. The first-order valence-corrected chi connectivity index (χ1v) is 13.9. The summed E-state index contributed by atoms with van der Waals surface area (Å²) in [6.45, 7) is 8.55. The lowest BCUT2D eigenvalue weighted by atomic mass is 9.96. The zero-order valence-electron chi connectivity index (χ0n) is 23.0. The molecular weight excluding hydrogens is 486 g/mol. The van der Waals surface area contributed by atoms with E-state index in [2.05, 4.69) is 83.2 Å². The van der Waals surface area contributed by atoms with Crippen molar-refractivity contribution < 1.29 is 5.11 Å². The number of imidazole rings is 1. The monoisotopic (exact) mass is 521 g/mol. The van der Waals surface area contributed by atoms with Crippen LogP contribution in [0.25, 0.3) is 33.7 Å². The van der Waals surface area contributed by atoms with Gasteiger partial charge in [0.2, 0.25) is 5.82 Å². The molecule has 5 aromatic rings. The van der Waals surface area contributed by atoms with Crippen LogP contribution in [0.3, 0.4) is 0 Å². The molecule has 1 aliphatic carbocycles. The summed E-state index contributed by atoms with van der Waals surface area (Å²) in [4.78, 5) is 10.1. The molecule has 0 radical (unpaired) electrons. The van der Waals surface area contributed by atoms with Gasteiger partial charge in [0.1, 0.15) is 11.3 Å². The van der Waals surface area contributed by atoms with Gasteiger partial charge in [-0.3, -0.25) is 0 Å². The molecule has 0 saturated heterocycles. The molecular formula is C31H35N7O. The number of aromatic nitrogens is 7. The number of rotatable bonds is 8. The van der Waals surface area contributed by atoms with Crippen LogP contribution < -0.4 is 0 Å². The Morgan fingerprint density at radius 2 is 1.90 bits per heavy atom. The quantitative estimate of drug-likeness (QED) is 0.274. The number of nitrogens with one attached hydrogen (secondary N) is 1. The van der Waals surface area contributed by atoms with Crippen LogP contribution in [0.1, 0.15) is 67.9 Å². The van der Waals surface area contributed by atoms with Gasteiger partial charge in [-0.2, -0.15) is 5.21 Å². The lowest BCUT2D eigenvalue weighted by Gasteiger charge is -2.19. The highest BCUT2D eigenvalue weighted by Crippen LogP contribution is 2.40. The molecule has 3 heterocycles. The van der Waals surface area contributed by atoms with Gasteiger partial charge in [0.15, 0.2) is 5.65 Å². The smallest absolute Gasteiger partial charge is 0.205 e. The number of aromatic amines is 1. The number of nitrogens with zero attached hydrogens (tertiary/aromatic N) is 6. The van der Waals surface area contributed by atoms with Gasteiger partial charge in [-0.1, -0.05) is 63.2 Å². The van der Waals surface area contributed by atoms with Crippen molar-refractivity contribution in [1.82, 2.24) is 35.2 Å². The van der Waals surface area contributed by atoms with Gasteiger partial charge in [-0.25, -0.2) is 9.97 Å². The van der Waals surface area contributed by atoms with E-state index in [4.69, 9.17) is 9.97 Å². The maximum atomic E-state index is 10.6. The van der Waals surface area contributed by atoms with E-state index >= 15 is 0 Å². The van der Waals surface area contributed by atoms with Crippen molar-refractivity contribution in [1.29, 1.82) is 0 Å². The molecule has 200 valence electrons. The standard InChI is InChI=1S/C31H35N7O/c1-5-28-33-29-19(4)15-22(17-23(39)14-18(2)3)32-31(29)38(28)27-13-11-21-16-20(10-12-25(21)27)24-8-6-7-9-26(24)30-34-36-37-35-30/h6-10,12,15-16,18,23,27,39H,5,11,13-14,17H2,1-4H3,(H,34,35,36,37). The van der Waals surface area contributed by atoms with Crippen LogP contribution in [-0.4, -0.2) is 46.4 Å². The van der Waals surface area contributed by atoms with Gasteiger partial charge in [-0.05, 0) is 71.2 Å². The summed E-state index contributed by atoms with van der Waals surface area (Å²) in [6.07, 6.45) is 3.77. The molecule has 0 spiro atoms. The third-order valence-corrected chi connectivity index (χ3v) is 7.79. The molecule has 6 rings (SSSR count). The summed E-state index contributed by atoms with van der Waals surface area (Å²) in [7, 11) is 0. The molecule has 8 heteroatoms. The number of fused-ring (bicyclic) bond motifs is 2. The van der Waals surface area contributed by atoms with Crippen LogP contribution in [0.4, 0.5) is 0 Å². The van der Waals surface area contributed by atoms with Crippen molar-refractivity contribution in [2.24, 2.45) is 5.92 Å². The molecule has 0 amide bonds. The molecule has 3 aromatic heterocycles. The van der Waals surface area contributed by atoms with E-state index in [0.29, 0.717) is 18.2 Å². The average Bonchev–Trinajstić information content (AvgIpc) is 3.66. The van der Waals surface area contributed by atoms with Gasteiger partial charge in [0, 0.05) is 24.1 Å². The van der Waals surface area contributed by atoms with E-state index in [9.17, 15) is 5.11 Å². The molecule has 2 atom stereocenters. The van der Waals surface area contributed by atoms with E-state index in [1.807, 2.05) is 18.2 Å². The number of aliphatic hydroxyl groups excluding tert-OH is 1. The highest BCUT2D eigenvalue weighted by Gasteiger charge is 2.29. The fourth-order valence-corrected chi connectivity index (χ4v) is 6.11. The van der Waals surface area contributed by atoms with Crippen LogP contribution in [-0.2, 0) is 19.3 Å². The van der Waals surface area contributed by atoms with E-state index in [1.165, 1.54) is 11.1 Å². The molecule has 8 nitrogen and oxygen atoms in total. The summed E-state index contributed by atoms with van der Waals surface area (Å²) in [5.74, 6) is 2.10. The number of hydrogen-bond acceptors (Lipinski definition) is 6. The van der Waals surface area contributed by atoms with Crippen LogP contribution in [0.2, 0.25) is 0 Å². The van der Waals surface area contributed by atoms with Gasteiger partial charge in [0.05, 0.1) is 12.1 Å². The second-order valence-corrected chi connectivity index (χ2v) is 11.1. The molecule has 1 aliphatic rings. The van der Waals surface area contributed by atoms with Crippen LogP contribution in [0, 0.1) is 12.8 Å². The van der Waals surface area contributed by atoms with E-state index in [0.717, 1.165) is 70.6 Å². The Balaban J connectivity index is 1.39. The van der Waals surface area contributed by atoms with Crippen molar-refractivity contribution in [3.63, 3.8) is 0 Å². The van der Waals surface area contributed by atoms with Crippen molar-refractivity contribution in [2.45, 2.75) is 71.9 Å². The first-order chi connectivity index (χ1) is 18.9. The Morgan fingerprint density at radius 1 is 1.08 bits per heavy atom. The fraction of sp³-hybridized carbons (Fsp3) is 0.387. The Hall–Kier alpha value is -3.91. The topological polar surface area (TPSA) is 105 Å². The maximum Gasteiger partial charge on any atom is 0.205 e. The summed E-state index contributed by atoms with van der Waals surface area (Å²) in [5.41, 5.74) is 9.83. The van der Waals surface area contributed by atoms with Crippen molar-refractivity contribution in [3.05, 3.63) is 76.7 Å². The Bertz CT molecular complexity index is 1620. The van der Waals surface area contributed by atoms with Crippen molar-refractivity contribution in [2.75, 3.05) is 0 Å². The number of H-pyrrole nitrogens is 1. The highest BCUT2D eigenvalue weighted by molar-refractivity contribution is 5.81. The number of benzene rings is 2. The SMILES string of the molecule is CCc1nc2c(C)cc(CC(O)CC(C)C)nc2n1C1CCc2cc(-c3ccccc3-c3nn[nH]n3)ccc21. The number of pyridine rings is 1. The van der Waals surface area contributed by atoms with Crippen molar-refractivity contribution in [3.8, 4) is 22.5 Å². The van der Waals surface area contributed by atoms with Gasteiger partial charge in [0.25, 0.3) is 0 Å². The average molecular weight is 522 g/mol. The lowest BCUT2D eigenvalue weighted by Crippen LogP contribution is -2.15. The molecule has 39 heavy (non-hydrogen) atoms. The zero-order chi connectivity index (χ0) is 27.1. The normalized spacial score (nSPS) is 15.8. The number of tetrazole rings is 1. The molecule has 0 bridgehead atoms. The zero-order valence-corrected chi connectivity index (χ0v) is 23.0. The minimum absolute atomic E-state index is 0.184. The molecule has 0 saturated carbocycles. The van der Waals surface area contributed by atoms with E-state index in [-0.39, 0.29) is 6.04 Å². The van der Waals surface area contributed by atoms with Crippen molar-refractivity contribution >= 4 is 11.2 Å². The van der Waals surface area contributed by atoms with Gasteiger partial charge < -0.3 is 9.67 Å². The molecule has 0 fully saturated rings. The molecule has 2 unspecified atom stereocenters. The number of hydrogen-bond donors (Lipinski definition) is 2.